The standard InChI is InChI=1S/C18H19ClN2O5/c1-18(24-7-8-25-18)10-17(22)21-20-11-13-4-6-16(26-13)14-9-12(19)3-5-15(14)23-2/h3-6,9,11H,7-8,10H2,1-2H3,(H,21,22)/b20-11-. The second kappa shape index (κ2) is 7.90. The fourth-order valence-electron chi connectivity index (χ4n) is 2.60. The van der Waals surface area contributed by atoms with Gasteiger partial charge in [0.05, 0.1) is 38.5 Å². The van der Waals surface area contributed by atoms with Crippen LogP contribution in [0.5, 0.6) is 5.75 Å². The van der Waals surface area contributed by atoms with Gasteiger partial charge in [0.2, 0.25) is 5.91 Å². The minimum absolute atomic E-state index is 0.0630. The Kier molecular flexibility index (Phi) is 5.61. The third kappa shape index (κ3) is 4.43. The van der Waals surface area contributed by atoms with Gasteiger partial charge in [-0.3, -0.25) is 4.79 Å². The highest BCUT2D eigenvalue weighted by atomic mass is 35.5. The normalized spacial score (nSPS) is 16.1. The first-order valence-electron chi connectivity index (χ1n) is 8.03. The number of methoxy groups -OCH3 is 1. The molecule has 3 rings (SSSR count). The zero-order valence-corrected chi connectivity index (χ0v) is 15.2. The van der Waals surface area contributed by atoms with Gasteiger partial charge in [-0.1, -0.05) is 11.6 Å². The average molecular weight is 379 g/mol. The topological polar surface area (TPSA) is 82.3 Å². The van der Waals surface area contributed by atoms with Crippen molar-refractivity contribution in [1.82, 2.24) is 5.43 Å². The molecule has 0 bridgehead atoms. The summed E-state index contributed by atoms with van der Waals surface area (Å²) in [6, 6.07) is 8.77. The van der Waals surface area contributed by atoms with E-state index < -0.39 is 5.79 Å². The van der Waals surface area contributed by atoms with Gasteiger partial charge >= 0.3 is 0 Å². The predicted molar refractivity (Wildman–Crippen MR) is 96.4 cm³/mol. The number of rotatable bonds is 6. The fourth-order valence-corrected chi connectivity index (χ4v) is 2.77. The molecule has 1 aromatic carbocycles. The van der Waals surface area contributed by atoms with E-state index in [1.807, 2.05) is 0 Å². The Balaban J connectivity index is 1.62. The van der Waals surface area contributed by atoms with Crippen LogP contribution in [0.2, 0.25) is 5.02 Å². The number of nitrogens with one attached hydrogen (secondary N) is 1. The van der Waals surface area contributed by atoms with E-state index in [-0.39, 0.29) is 12.3 Å². The minimum atomic E-state index is -0.888. The molecule has 0 unspecified atom stereocenters. The number of hydrogen-bond donors (Lipinski definition) is 1. The molecule has 2 heterocycles. The van der Waals surface area contributed by atoms with E-state index >= 15 is 0 Å². The van der Waals surface area contributed by atoms with Crippen LogP contribution >= 0.6 is 11.6 Å². The summed E-state index contributed by atoms with van der Waals surface area (Å²) < 4.78 is 21.8. The minimum Gasteiger partial charge on any atom is -0.496 e. The molecule has 1 aliphatic rings. The molecule has 1 aromatic heterocycles. The van der Waals surface area contributed by atoms with Crippen LogP contribution in [0.4, 0.5) is 0 Å². The van der Waals surface area contributed by atoms with Crippen LogP contribution < -0.4 is 10.2 Å². The predicted octanol–water partition coefficient (Wildman–Crippen LogP) is 3.21. The van der Waals surface area contributed by atoms with E-state index in [9.17, 15) is 4.79 Å². The third-order valence-electron chi connectivity index (χ3n) is 3.81. The van der Waals surface area contributed by atoms with Crippen LogP contribution in [0.15, 0.2) is 39.9 Å². The van der Waals surface area contributed by atoms with Gasteiger partial charge in [-0.25, -0.2) is 5.43 Å². The molecular formula is C18H19ClN2O5. The molecule has 1 fully saturated rings. The van der Waals surface area contributed by atoms with Gasteiger partial charge < -0.3 is 18.6 Å². The maximum absolute atomic E-state index is 11.9. The molecule has 1 saturated heterocycles. The molecule has 2 aromatic rings. The van der Waals surface area contributed by atoms with Crippen LogP contribution in [0, 0.1) is 0 Å². The summed E-state index contributed by atoms with van der Waals surface area (Å²) in [5, 5.41) is 4.47. The van der Waals surface area contributed by atoms with Crippen LogP contribution in [-0.4, -0.2) is 38.2 Å². The lowest BCUT2D eigenvalue weighted by Crippen LogP contribution is -2.33. The number of ether oxygens (including phenoxy) is 3. The number of hydrazone groups is 1. The van der Waals surface area contributed by atoms with E-state index in [1.54, 1.807) is 44.4 Å². The van der Waals surface area contributed by atoms with Crippen molar-refractivity contribution in [2.45, 2.75) is 19.1 Å². The zero-order chi connectivity index (χ0) is 18.6. The lowest BCUT2D eigenvalue weighted by atomic mass is 10.1. The first kappa shape index (κ1) is 18.4. The highest BCUT2D eigenvalue weighted by Crippen LogP contribution is 2.33. The van der Waals surface area contributed by atoms with Gasteiger partial charge in [-0.2, -0.15) is 5.10 Å². The van der Waals surface area contributed by atoms with Crippen LogP contribution in [0.25, 0.3) is 11.3 Å². The van der Waals surface area contributed by atoms with Crippen molar-refractivity contribution in [2.75, 3.05) is 20.3 Å². The molecule has 26 heavy (non-hydrogen) atoms. The highest BCUT2D eigenvalue weighted by molar-refractivity contribution is 6.30. The van der Waals surface area contributed by atoms with Crippen molar-refractivity contribution in [2.24, 2.45) is 5.10 Å². The van der Waals surface area contributed by atoms with Crippen molar-refractivity contribution in [3.8, 4) is 17.1 Å². The molecule has 0 saturated carbocycles. The maximum atomic E-state index is 11.9. The largest absolute Gasteiger partial charge is 0.496 e. The summed E-state index contributed by atoms with van der Waals surface area (Å²) >= 11 is 6.04. The fraction of sp³-hybridized carbons (Fsp3) is 0.333. The van der Waals surface area contributed by atoms with E-state index in [2.05, 4.69) is 10.5 Å². The van der Waals surface area contributed by atoms with E-state index in [0.29, 0.717) is 35.5 Å². The number of halogens is 1. The van der Waals surface area contributed by atoms with E-state index in [0.717, 1.165) is 5.56 Å². The molecule has 138 valence electrons. The van der Waals surface area contributed by atoms with Crippen LogP contribution in [0.3, 0.4) is 0 Å². The second-order valence-electron chi connectivity index (χ2n) is 5.85. The van der Waals surface area contributed by atoms with Gasteiger partial charge in [0.15, 0.2) is 5.79 Å². The quantitative estimate of drug-likeness (QED) is 0.616. The molecule has 0 radical (unpaired) electrons. The second-order valence-corrected chi connectivity index (χ2v) is 6.28. The molecule has 1 N–H and O–H groups in total. The number of amides is 1. The summed E-state index contributed by atoms with van der Waals surface area (Å²) in [6.07, 6.45) is 1.48. The summed E-state index contributed by atoms with van der Waals surface area (Å²) in [5.41, 5.74) is 3.16. The average Bonchev–Trinajstić information content (AvgIpc) is 3.24. The van der Waals surface area contributed by atoms with Gasteiger partial charge in [0.25, 0.3) is 0 Å². The lowest BCUT2D eigenvalue weighted by molar-refractivity contribution is -0.159. The van der Waals surface area contributed by atoms with Crippen LogP contribution in [-0.2, 0) is 14.3 Å². The Hall–Kier alpha value is -2.35. The van der Waals surface area contributed by atoms with Crippen LogP contribution in [0.1, 0.15) is 19.1 Å². The molecule has 1 amide bonds. The first-order chi connectivity index (χ1) is 12.5. The van der Waals surface area contributed by atoms with Gasteiger partial charge in [0, 0.05) is 5.02 Å². The summed E-state index contributed by atoms with van der Waals surface area (Å²) in [6.45, 7) is 2.69. The molecule has 8 heteroatoms. The van der Waals surface area contributed by atoms with Crippen molar-refractivity contribution >= 4 is 23.7 Å². The molecule has 7 nitrogen and oxygen atoms in total. The highest BCUT2D eigenvalue weighted by Gasteiger charge is 2.33. The van der Waals surface area contributed by atoms with Gasteiger partial charge in [0.1, 0.15) is 17.3 Å². The van der Waals surface area contributed by atoms with Crippen molar-refractivity contribution < 1.29 is 23.4 Å². The Morgan fingerprint density at radius 3 is 2.85 bits per heavy atom. The summed E-state index contributed by atoms with van der Waals surface area (Å²) in [5.74, 6) is 0.499. The zero-order valence-electron chi connectivity index (χ0n) is 14.5. The number of hydrogen-bond acceptors (Lipinski definition) is 6. The monoisotopic (exact) mass is 378 g/mol. The Bertz CT molecular complexity index is 812. The number of nitrogens with zero attached hydrogens (tertiary/aromatic N) is 1. The Morgan fingerprint density at radius 1 is 1.35 bits per heavy atom. The van der Waals surface area contributed by atoms with Gasteiger partial charge in [-0.05, 0) is 37.3 Å². The number of carbonyl (C=O) groups is 1. The van der Waals surface area contributed by atoms with Gasteiger partial charge in [-0.15, -0.1) is 0 Å². The molecule has 1 aliphatic heterocycles. The smallest absolute Gasteiger partial charge is 0.245 e. The van der Waals surface area contributed by atoms with Crippen molar-refractivity contribution in [3.05, 3.63) is 41.1 Å². The summed E-state index contributed by atoms with van der Waals surface area (Å²) in [4.78, 5) is 11.9. The first-order valence-corrected chi connectivity index (χ1v) is 8.40. The lowest BCUT2D eigenvalue weighted by Gasteiger charge is -2.20. The Labute approximate surface area is 155 Å². The SMILES string of the molecule is COc1ccc(Cl)cc1-c1ccc(/C=N\NC(=O)CC2(C)OCCO2)o1. The number of furan rings is 1. The van der Waals surface area contributed by atoms with Crippen molar-refractivity contribution in [3.63, 3.8) is 0 Å². The molecule has 0 atom stereocenters. The maximum Gasteiger partial charge on any atom is 0.245 e. The number of benzene rings is 1. The third-order valence-corrected chi connectivity index (χ3v) is 4.05. The molecule has 0 aliphatic carbocycles. The summed E-state index contributed by atoms with van der Waals surface area (Å²) in [7, 11) is 1.58. The molecule has 0 spiro atoms. The molecular weight excluding hydrogens is 360 g/mol. The van der Waals surface area contributed by atoms with Crippen molar-refractivity contribution in [1.29, 1.82) is 0 Å². The number of carbonyl (C=O) groups excluding carboxylic acids is 1. The Morgan fingerprint density at radius 2 is 2.12 bits per heavy atom. The van der Waals surface area contributed by atoms with E-state index in [1.165, 1.54) is 6.21 Å². The van der Waals surface area contributed by atoms with E-state index in [4.69, 9.17) is 30.2 Å².